The van der Waals surface area contributed by atoms with Crippen LogP contribution in [0.25, 0.3) is 0 Å². The third kappa shape index (κ3) is 12.2. The highest BCUT2D eigenvalue weighted by Crippen LogP contribution is 2.09. The van der Waals surface area contributed by atoms with Gasteiger partial charge in [0.05, 0.1) is 0 Å². The second-order valence-corrected chi connectivity index (χ2v) is 5.82. The lowest BCUT2D eigenvalue weighted by molar-refractivity contribution is 0.418. The van der Waals surface area contributed by atoms with Gasteiger partial charge in [-0.15, -0.1) is 0 Å². The highest BCUT2D eigenvalue weighted by atomic mass is 14.9. The van der Waals surface area contributed by atoms with Crippen molar-refractivity contribution in [2.75, 3.05) is 6.54 Å². The molecule has 17 heavy (non-hydrogen) atoms. The van der Waals surface area contributed by atoms with Crippen LogP contribution in [0, 0.1) is 5.92 Å². The quantitative estimate of drug-likeness (QED) is 0.466. The van der Waals surface area contributed by atoms with Crippen molar-refractivity contribution in [1.82, 2.24) is 5.32 Å². The first kappa shape index (κ1) is 17.0. The van der Waals surface area contributed by atoms with E-state index >= 15 is 0 Å². The molecule has 0 spiro atoms. The molecule has 0 heterocycles. The van der Waals surface area contributed by atoms with Crippen molar-refractivity contribution >= 4 is 0 Å². The molecule has 1 atom stereocenters. The van der Waals surface area contributed by atoms with E-state index < -0.39 is 0 Å². The van der Waals surface area contributed by atoms with Gasteiger partial charge in [-0.2, -0.15) is 0 Å². The minimum atomic E-state index is 0.670. The molecule has 1 nitrogen and oxygen atoms in total. The van der Waals surface area contributed by atoms with Crippen LogP contribution in [0.2, 0.25) is 0 Å². The molecule has 0 aromatic rings. The Labute approximate surface area is 110 Å². The number of unbranched alkanes of at least 4 members (excludes halogenated alkanes) is 8. The van der Waals surface area contributed by atoms with Crippen molar-refractivity contribution < 1.29 is 0 Å². The standard InChI is InChI=1S/C16H35N/c1-5-6-7-8-9-10-11-12-13-14-17-16(4)15(2)3/h15-17H,5-14H2,1-4H3. The number of hydrogen-bond acceptors (Lipinski definition) is 1. The fraction of sp³-hybridized carbons (Fsp3) is 1.00. The van der Waals surface area contributed by atoms with Gasteiger partial charge in [0, 0.05) is 6.04 Å². The molecule has 104 valence electrons. The van der Waals surface area contributed by atoms with Gasteiger partial charge in [0.15, 0.2) is 0 Å². The van der Waals surface area contributed by atoms with Crippen LogP contribution >= 0.6 is 0 Å². The minimum Gasteiger partial charge on any atom is -0.314 e. The zero-order valence-electron chi connectivity index (χ0n) is 12.7. The maximum atomic E-state index is 3.60. The smallest absolute Gasteiger partial charge is 0.00617 e. The van der Waals surface area contributed by atoms with E-state index in [9.17, 15) is 0 Å². The summed E-state index contributed by atoms with van der Waals surface area (Å²) in [6.07, 6.45) is 12.8. The molecule has 0 aliphatic carbocycles. The molecule has 0 aliphatic rings. The van der Waals surface area contributed by atoms with E-state index in [4.69, 9.17) is 0 Å². The normalized spacial score (nSPS) is 13.2. The van der Waals surface area contributed by atoms with E-state index in [1.165, 1.54) is 64.3 Å². The fourth-order valence-electron chi connectivity index (χ4n) is 2.00. The Morgan fingerprint density at radius 3 is 1.65 bits per heavy atom. The Morgan fingerprint density at radius 2 is 1.18 bits per heavy atom. The summed E-state index contributed by atoms with van der Waals surface area (Å²) in [5.41, 5.74) is 0. The maximum absolute atomic E-state index is 3.60. The summed E-state index contributed by atoms with van der Waals surface area (Å²) in [6.45, 7) is 10.3. The Hall–Kier alpha value is -0.0400. The predicted molar refractivity (Wildman–Crippen MR) is 79.5 cm³/mol. The molecule has 0 saturated carbocycles. The van der Waals surface area contributed by atoms with E-state index in [0.717, 1.165) is 5.92 Å². The lowest BCUT2D eigenvalue weighted by Crippen LogP contribution is -2.31. The average molecular weight is 241 g/mol. The van der Waals surface area contributed by atoms with Gasteiger partial charge in [0.1, 0.15) is 0 Å². The van der Waals surface area contributed by atoms with Crippen LogP contribution in [0.15, 0.2) is 0 Å². The summed E-state index contributed by atoms with van der Waals surface area (Å²) in [4.78, 5) is 0. The van der Waals surface area contributed by atoms with Gasteiger partial charge in [-0.05, 0) is 25.8 Å². The predicted octanol–water partition coefficient (Wildman–Crippen LogP) is 5.15. The maximum Gasteiger partial charge on any atom is 0.00617 e. The Kier molecular flexibility index (Phi) is 12.4. The molecule has 0 aromatic carbocycles. The van der Waals surface area contributed by atoms with Gasteiger partial charge in [-0.3, -0.25) is 0 Å². The molecule has 0 aromatic heterocycles. The molecule has 0 saturated heterocycles. The first-order valence-electron chi connectivity index (χ1n) is 7.91. The van der Waals surface area contributed by atoms with Gasteiger partial charge in [-0.1, -0.05) is 72.1 Å². The second kappa shape index (κ2) is 12.4. The molecule has 1 unspecified atom stereocenters. The van der Waals surface area contributed by atoms with Crippen LogP contribution in [0.5, 0.6) is 0 Å². The minimum absolute atomic E-state index is 0.670. The van der Waals surface area contributed by atoms with E-state index in [1.54, 1.807) is 0 Å². The van der Waals surface area contributed by atoms with E-state index in [1.807, 2.05) is 0 Å². The van der Waals surface area contributed by atoms with Crippen molar-refractivity contribution in [2.24, 2.45) is 5.92 Å². The topological polar surface area (TPSA) is 12.0 Å². The molecule has 1 heteroatoms. The third-order valence-electron chi connectivity index (χ3n) is 3.75. The highest BCUT2D eigenvalue weighted by Gasteiger charge is 2.04. The molecular formula is C16H35N. The van der Waals surface area contributed by atoms with Crippen molar-refractivity contribution in [3.63, 3.8) is 0 Å². The fourth-order valence-corrected chi connectivity index (χ4v) is 2.00. The Morgan fingerprint density at radius 1 is 0.706 bits per heavy atom. The Balaban J connectivity index is 3.03. The van der Waals surface area contributed by atoms with Gasteiger partial charge in [0.25, 0.3) is 0 Å². The summed E-state index contributed by atoms with van der Waals surface area (Å²) < 4.78 is 0. The van der Waals surface area contributed by atoms with Crippen molar-refractivity contribution in [3.05, 3.63) is 0 Å². The summed E-state index contributed by atoms with van der Waals surface area (Å²) in [7, 11) is 0. The monoisotopic (exact) mass is 241 g/mol. The number of rotatable bonds is 12. The number of nitrogens with one attached hydrogen (secondary N) is 1. The van der Waals surface area contributed by atoms with Crippen LogP contribution < -0.4 is 5.32 Å². The lowest BCUT2D eigenvalue weighted by Gasteiger charge is -2.17. The van der Waals surface area contributed by atoms with Crippen LogP contribution in [-0.4, -0.2) is 12.6 Å². The summed E-state index contributed by atoms with van der Waals surface area (Å²) in [5, 5.41) is 3.60. The van der Waals surface area contributed by atoms with Crippen LogP contribution in [0.1, 0.15) is 85.5 Å². The van der Waals surface area contributed by atoms with Gasteiger partial charge >= 0.3 is 0 Å². The Bertz CT molecular complexity index is 142. The summed E-state index contributed by atoms with van der Waals surface area (Å²) in [5.74, 6) is 0.758. The van der Waals surface area contributed by atoms with Gasteiger partial charge in [0.2, 0.25) is 0 Å². The van der Waals surface area contributed by atoms with E-state index in [-0.39, 0.29) is 0 Å². The lowest BCUT2D eigenvalue weighted by atomic mass is 10.1. The molecule has 0 radical (unpaired) electrons. The van der Waals surface area contributed by atoms with Gasteiger partial charge in [-0.25, -0.2) is 0 Å². The first-order chi connectivity index (χ1) is 8.18. The molecule has 0 amide bonds. The van der Waals surface area contributed by atoms with Crippen molar-refractivity contribution in [3.8, 4) is 0 Å². The van der Waals surface area contributed by atoms with Crippen molar-refractivity contribution in [1.29, 1.82) is 0 Å². The zero-order valence-corrected chi connectivity index (χ0v) is 12.7. The van der Waals surface area contributed by atoms with Crippen molar-refractivity contribution in [2.45, 2.75) is 91.5 Å². The molecule has 0 rings (SSSR count). The first-order valence-corrected chi connectivity index (χ1v) is 7.91. The van der Waals surface area contributed by atoms with Crippen LogP contribution in [-0.2, 0) is 0 Å². The number of hydrogen-bond donors (Lipinski definition) is 1. The van der Waals surface area contributed by atoms with E-state index in [2.05, 4.69) is 33.0 Å². The average Bonchev–Trinajstić information content (AvgIpc) is 2.31. The largest absolute Gasteiger partial charge is 0.314 e. The van der Waals surface area contributed by atoms with Crippen LogP contribution in [0.4, 0.5) is 0 Å². The van der Waals surface area contributed by atoms with Crippen LogP contribution in [0.3, 0.4) is 0 Å². The summed E-state index contributed by atoms with van der Waals surface area (Å²) in [6, 6.07) is 0.670. The van der Waals surface area contributed by atoms with Gasteiger partial charge < -0.3 is 5.32 Å². The molecule has 0 aliphatic heterocycles. The SMILES string of the molecule is CCCCCCCCCCCNC(C)C(C)C. The summed E-state index contributed by atoms with van der Waals surface area (Å²) >= 11 is 0. The highest BCUT2D eigenvalue weighted by molar-refractivity contribution is 4.63. The third-order valence-corrected chi connectivity index (χ3v) is 3.75. The molecular weight excluding hydrogens is 206 g/mol. The molecule has 0 fully saturated rings. The second-order valence-electron chi connectivity index (χ2n) is 5.82. The molecule has 0 bridgehead atoms. The zero-order chi connectivity index (χ0) is 12.9. The molecule has 1 N–H and O–H groups in total. The van der Waals surface area contributed by atoms with E-state index in [0.29, 0.717) is 6.04 Å².